The van der Waals surface area contributed by atoms with Crippen LogP contribution in [-0.2, 0) is 11.3 Å². The van der Waals surface area contributed by atoms with Crippen molar-refractivity contribution in [3.63, 3.8) is 0 Å². The van der Waals surface area contributed by atoms with Gasteiger partial charge in [-0.1, -0.05) is 0 Å². The van der Waals surface area contributed by atoms with Gasteiger partial charge in [-0.15, -0.1) is 0 Å². The first-order valence-electron chi connectivity index (χ1n) is 6.23. The molecule has 2 rings (SSSR count). The van der Waals surface area contributed by atoms with Gasteiger partial charge in [0.05, 0.1) is 5.52 Å². The van der Waals surface area contributed by atoms with E-state index in [9.17, 15) is 9.59 Å². The van der Waals surface area contributed by atoms with E-state index in [1.165, 1.54) is 4.57 Å². The zero-order valence-electron chi connectivity index (χ0n) is 11.0. The number of hydrogen-bond acceptors (Lipinski definition) is 4. The molecule has 6 nitrogen and oxygen atoms in total. The number of hydrogen-bond donors (Lipinski definition) is 1. The molecule has 19 heavy (non-hydrogen) atoms. The Morgan fingerprint density at radius 1 is 1.37 bits per heavy atom. The molecular formula is C13H17N3O3. The summed E-state index contributed by atoms with van der Waals surface area (Å²) in [4.78, 5) is 25.5. The number of amides is 1. The molecule has 102 valence electrons. The molecule has 1 aromatic heterocycles. The molecule has 0 aliphatic heterocycles. The Hall–Kier alpha value is -2.24. The molecule has 0 atom stereocenters. The van der Waals surface area contributed by atoms with Crippen LogP contribution in [0, 0.1) is 0 Å². The van der Waals surface area contributed by atoms with Crippen LogP contribution in [0.1, 0.15) is 13.8 Å². The number of fused-ring (bicyclic) bond motifs is 1. The summed E-state index contributed by atoms with van der Waals surface area (Å²) in [5, 5.41) is 0. The molecule has 0 fully saturated rings. The molecule has 0 saturated heterocycles. The Balaban J connectivity index is 2.40. The SMILES string of the molecule is CCN(CC)C(=O)Cn1c(=O)oc2ccc(N)cc21. The zero-order valence-corrected chi connectivity index (χ0v) is 11.0. The van der Waals surface area contributed by atoms with Crippen molar-refractivity contribution in [2.75, 3.05) is 18.8 Å². The summed E-state index contributed by atoms with van der Waals surface area (Å²) in [6.07, 6.45) is 0. The number of carbonyl (C=O) groups excluding carboxylic acids is 1. The van der Waals surface area contributed by atoms with Crippen molar-refractivity contribution in [1.82, 2.24) is 9.47 Å². The summed E-state index contributed by atoms with van der Waals surface area (Å²) in [7, 11) is 0. The van der Waals surface area contributed by atoms with Gasteiger partial charge in [0.2, 0.25) is 5.91 Å². The van der Waals surface area contributed by atoms with Crippen LogP contribution in [0.4, 0.5) is 5.69 Å². The first kappa shape index (κ1) is 13.2. The van der Waals surface area contributed by atoms with Gasteiger partial charge in [-0.25, -0.2) is 4.79 Å². The summed E-state index contributed by atoms with van der Waals surface area (Å²) in [5.74, 6) is -0.654. The summed E-state index contributed by atoms with van der Waals surface area (Å²) in [6.45, 7) is 4.99. The maximum Gasteiger partial charge on any atom is 0.420 e. The maximum absolute atomic E-state index is 12.0. The lowest BCUT2D eigenvalue weighted by molar-refractivity contribution is -0.131. The van der Waals surface area contributed by atoms with Gasteiger partial charge in [-0.3, -0.25) is 9.36 Å². The lowest BCUT2D eigenvalue weighted by Crippen LogP contribution is -2.35. The molecule has 0 aliphatic carbocycles. The van der Waals surface area contributed by atoms with E-state index >= 15 is 0 Å². The number of rotatable bonds is 4. The minimum atomic E-state index is -0.541. The Bertz CT molecular complexity index is 653. The quantitative estimate of drug-likeness (QED) is 0.836. The van der Waals surface area contributed by atoms with Crippen molar-refractivity contribution < 1.29 is 9.21 Å². The van der Waals surface area contributed by atoms with Crippen LogP contribution in [0.25, 0.3) is 11.1 Å². The monoisotopic (exact) mass is 263 g/mol. The Labute approximate surface area is 110 Å². The minimum Gasteiger partial charge on any atom is -0.408 e. The molecule has 0 aliphatic rings. The Morgan fingerprint density at radius 3 is 2.68 bits per heavy atom. The van der Waals surface area contributed by atoms with Crippen LogP contribution in [0.2, 0.25) is 0 Å². The number of nitrogens with two attached hydrogens (primary N) is 1. The molecule has 6 heteroatoms. The molecule has 0 saturated carbocycles. The fourth-order valence-electron chi connectivity index (χ4n) is 2.04. The molecule has 0 unspecified atom stereocenters. The van der Waals surface area contributed by atoms with E-state index in [1.54, 1.807) is 23.1 Å². The Morgan fingerprint density at radius 2 is 2.05 bits per heavy atom. The topological polar surface area (TPSA) is 81.5 Å². The highest BCUT2D eigenvalue weighted by atomic mass is 16.4. The van der Waals surface area contributed by atoms with E-state index in [0.717, 1.165) is 0 Å². The summed E-state index contributed by atoms with van der Waals surface area (Å²) >= 11 is 0. The van der Waals surface area contributed by atoms with Gasteiger partial charge in [-0.05, 0) is 32.0 Å². The second-order valence-electron chi connectivity index (χ2n) is 4.25. The van der Waals surface area contributed by atoms with Crippen molar-refractivity contribution >= 4 is 22.7 Å². The van der Waals surface area contributed by atoms with E-state index in [0.29, 0.717) is 29.9 Å². The highest BCUT2D eigenvalue weighted by Gasteiger charge is 2.16. The fourth-order valence-corrected chi connectivity index (χ4v) is 2.04. The van der Waals surface area contributed by atoms with Crippen molar-refractivity contribution in [3.8, 4) is 0 Å². The van der Waals surface area contributed by atoms with Gasteiger partial charge in [0, 0.05) is 18.8 Å². The van der Waals surface area contributed by atoms with Gasteiger partial charge >= 0.3 is 5.76 Å². The number of nitrogens with zero attached hydrogens (tertiary/aromatic N) is 2. The van der Waals surface area contributed by atoms with E-state index in [4.69, 9.17) is 10.2 Å². The summed E-state index contributed by atoms with van der Waals surface area (Å²) in [5.41, 5.74) is 7.20. The van der Waals surface area contributed by atoms with E-state index in [2.05, 4.69) is 0 Å². The third-order valence-electron chi connectivity index (χ3n) is 3.10. The lowest BCUT2D eigenvalue weighted by Gasteiger charge is -2.18. The molecule has 2 N–H and O–H groups in total. The third kappa shape index (κ3) is 2.47. The van der Waals surface area contributed by atoms with Crippen LogP contribution in [0.3, 0.4) is 0 Å². The Kier molecular flexibility index (Phi) is 3.59. The highest BCUT2D eigenvalue weighted by molar-refractivity contribution is 5.81. The number of benzene rings is 1. The summed E-state index contributed by atoms with van der Waals surface area (Å²) in [6, 6.07) is 4.92. The average Bonchev–Trinajstić information content (AvgIpc) is 2.67. The molecule has 0 bridgehead atoms. The van der Waals surface area contributed by atoms with E-state index in [-0.39, 0.29) is 12.5 Å². The van der Waals surface area contributed by atoms with Gasteiger partial charge < -0.3 is 15.1 Å². The van der Waals surface area contributed by atoms with Gasteiger partial charge in [-0.2, -0.15) is 0 Å². The van der Waals surface area contributed by atoms with Gasteiger partial charge in [0.25, 0.3) is 0 Å². The first-order valence-corrected chi connectivity index (χ1v) is 6.23. The number of likely N-dealkylation sites (N-methyl/N-ethyl adjacent to an activating group) is 1. The summed E-state index contributed by atoms with van der Waals surface area (Å²) < 4.78 is 6.39. The van der Waals surface area contributed by atoms with Crippen LogP contribution in [0.15, 0.2) is 27.4 Å². The number of oxazole rings is 1. The number of carbonyl (C=O) groups is 1. The van der Waals surface area contributed by atoms with Crippen molar-refractivity contribution in [2.24, 2.45) is 0 Å². The van der Waals surface area contributed by atoms with E-state index < -0.39 is 5.76 Å². The van der Waals surface area contributed by atoms with Gasteiger partial charge in [0.1, 0.15) is 6.54 Å². The van der Waals surface area contributed by atoms with Crippen LogP contribution >= 0.6 is 0 Å². The van der Waals surface area contributed by atoms with Crippen LogP contribution in [-0.4, -0.2) is 28.5 Å². The molecule has 2 aromatic rings. The standard InChI is InChI=1S/C13H17N3O3/c1-3-15(4-2)12(17)8-16-10-7-9(14)5-6-11(10)19-13(16)18/h5-7H,3-4,8,14H2,1-2H3. The smallest absolute Gasteiger partial charge is 0.408 e. The lowest BCUT2D eigenvalue weighted by atomic mass is 10.3. The van der Waals surface area contributed by atoms with Crippen LogP contribution < -0.4 is 11.5 Å². The second-order valence-corrected chi connectivity index (χ2v) is 4.25. The zero-order chi connectivity index (χ0) is 14.0. The maximum atomic E-state index is 12.0. The molecule has 0 radical (unpaired) electrons. The van der Waals surface area contributed by atoms with Crippen molar-refractivity contribution in [1.29, 1.82) is 0 Å². The number of anilines is 1. The highest BCUT2D eigenvalue weighted by Crippen LogP contribution is 2.16. The molecule has 0 spiro atoms. The van der Waals surface area contributed by atoms with E-state index in [1.807, 2.05) is 13.8 Å². The number of nitrogen functional groups attached to an aromatic ring is 1. The van der Waals surface area contributed by atoms with Crippen molar-refractivity contribution in [2.45, 2.75) is 20.4 Å². The minimum absolute atomic E-state index is 0.0308. The first-order chi connectivity index (χ1) is 9.06. The molecule has 1 heterocycles. The third-order valence-corrected chi connectivity index (χ3v) is 3.10. The predicted molar refractivity (Wildman–Crippen MR) is 72.8 cm³/mol. The molecule has 1 amide bonds. The molecular weight excluding hydrogens is 246 g/mol. The van der Waals surface area contributed by atoms with Crippen LogP contribution in [0.5, 0.6) is 0 Å². The predicted octanol–water partition coefficient (Wildman–Crippen LogP) is 1.05. The van der Waals surface area contributed by atoms with Gasteiger partial charge in [0.15, 0.2) is 5.58 Å². The average molecular weight is 263 g/mol. The second kappa shape index (κ2) is 5.17. The number of aromatic nitrogens is 1. The normalized spacial score (nSPS) is 10.8. The fraction of sp³-hybridized carbons (Fsp3) is 0.385. The largest absolute Gasteiger partial charge is 0.420 e. The van der Waals surface area contributed by atoms with Crippen molar-refractivity contribution in [3.05, 3.63) is 28.7 Å². The molecule has 1 aromatic carbocycles.